The summed E-state index contributed by atoms with van der Waals surface area (Å²) >= 11 is 0. The van der Waals surface area contributed by atoms with E-state index >= 15 is 0 Å². The smallest absolute Gasteiger partial charge is 0.321 e. The molecule has 1 aromatic heterocycles. The maximum absolute atomic E-state index is 12.5. The van der Waals surface area contributed by atoms with Crippen molar-refractivity contribution >= 4 is 23.4 Å². The maximum atomic E-state index is 12.5. The van der Waals surface area contributed by atoms with Crippen LogP contribution in [-0.4, -0.2) is 85.2 Å². The van der Waals surface area contributed by atoms with E-state index in [1.807, 2.05) is 35.2 Å². The molecule has 0 atom stereocenters. The molecular weight excluding hydrogens is 354 g/mol. The van der Waals surface area contributed by atoms with Crippen LogP contribution in [0, 0.1) is 0 Å². The average Bonchev–Trinajstić information content (AvgIpc) is 2.75. The Morgan fingerprint density at radius 1 is 0.857 bits per heavy atom. The van der Waals surface area contributed by atoms with Crippen molar-refractivity contribution < 1.29 is 4.79 Å². The summed E-state index contributed by atoms with van der Waals surface area (Å²) < 4.78 is 0. The molecule has 1 N–H and O–H groups in total. The molecule has 1 aromatic carbocycles. The third kappa shape index (κ3) is 4.33. The van der Waals surface area contributed by atoms with Crippen molar-refractivity contribution in [3.05, 3.63) is 42.7 Å². The van der Waals surface area contributed by atoms with Crippen LogP contribution in [-0.2, 0) is 0 Å². The van der Waals surface area contributed by atoms with Crippen molar-refractivity contribution in [1.29, 1.82) is 0 Å². The van der Waals surface area contributed by atoms with E-state index in [2.05, 4.69) is 43.1 Å². The minimum absolute atomic E-state index is 0.0494. The summed E-state index contributed by atoms with van der Waals surface area (Å²) in [6.45, 7) is 6.95. The number of piperazine rings is 2. The van der Waals surface area contributed by atoms with Crippen molar-refractivity contribution in [1.82, 2.24) is 19.8 Å². The van der Waals surface area contributed by atoms with Crippen LogP contribution in [0.25, 0.3) is 0 Å². The number of carbonyl (C=O) groups excluding carboxylic acids is 1. The lowest BCUT2D eigenvalue weighted by atomic mass is 10.3. The minimum atomic E-state index is -0.0494. The van der Waals surface area contributed by atoms with Crippen molar-refractivity contribution in [3.63, 3.8) is 0 Å². The highest BCUT2D eigenvalue weighted by atomic mass is 16.2. The summed E-state index contributed by atoms with van der Waals surface area (Å²) in [5, 5.41) is 2.95. The Morgan fingerprint density at radius 2 is 1.43 bits per heavy atom. The highest BCUT2D eigenvalue weighted by molar-refractivity contribution is 5.89. The lowest BCUT2D eigenvalue weighted by Crippen LogP contribution is -2.50. The summed E-state index contributed by atoms with van der Waals surface area (Å²) in [4.78, 5) is 30.1. The van der Waals surface area contributed by atoms with E-state index in [0.29, 0.717) is 13.1 Å². The van der Waals surface area contributed by atoms with Crippen molar-refractivity contribution in [2.45, 2.75) is 0 Å². The van der Waals surface area contributed by atoms with Crippen LogP contribution in [0.1, 0.15) is 0 Å². The predicted molar refractivity (Wildman–Crippen MR) is 111 cm³/mol. The van der Waals surface area contributed by atoms with E-state index < -0.39 is 0 Å². The molecule has 8 heteroatoms. The van der Waals surface area contributed by atoms with Gasteiger partial charge in [-0.3, -0.25) is 0 Å². The van der Waals surface area contributed by atoms with Crippen LogP contribution in [0.4, 0.5) is 22.1 Å². The molecule has 2 aliphatic heterocycles. The fourth-order valence-electron chi connectivity index (χ4n) is 3.58. The van der Waals surface area contributed by atoms with Crippen LogP contribution >= 0.6 is 0 Å². The second kappa shape index (κ2) is 8.43. The van der Waals surface area contributed by atoms with Gasteiger partial charge in [-0.25, -0.2) is 14.8 Å². The summed E-state index contributed by atoms with van der Waals surface area (Å²) in [5.74, 6) is 1.93. The molecule has 0 spiro atoms. The van der Waals surface area contributed by atoms with Gasteiger partial charge in [0.1, 0.15) is 18.0 Å². The first-order valence-electron chi connectivity index (χ1n) is 9.80. The summed E-state index contributed by atoms with van der Waals surface area (Å²) in [6.07, 6.45) is 1.65. The van der Waals surface area contributed by atoms with Gasteiger partial charge in [0, 0.05) is 64.1 Å². The summed E-state index contributed by atoms with van der Waals surface area (Å²) in [6, 6.07) is 11.6. The lowest BCUT2D eigenvalue weighted by molar-refractivity contribution is 0.208. The molecule has 8 nitrogen and oxygen atoms in total. The van der Waals surface area contributed by atoms with Gasteiger partial charge < -0.3 is 24.9 Å². The van der Waals surface area contributed by atoms with Crippen LogP contribution in [0.5, 0.6) is 0 Å². The van der Waals surface area contributed by atoms with Gasteiger partial charge in [-0.1, -0.05) is 18.2 Å². The Balaban J connectivity index is 1.33. The first-order valence-corrected chi connectivity index (χ1v) is 9.80. The lowest BCUT2D eigenvalue weighted by Gasteiger charge is -2.36. The van der Waals surface area contributed by atoms with Crippen LogP contribution in [0.15, 0.2) is 42.7 Å². The normalized spacial score (nSPS) is 18.2. The highest BCUT2D eigenvalue weighted by Crippen LogP contribution is 2.20. The number of benzene rings is 1. The fourth-order valence-corrected chi connectivity index (χ4v) is 3.58. The largest absolute Gasteiger partial charge is 0.354 e. The number of anilines is 3. The molecule has 0 saturated carbocycles. The van der Waals surface area contributed by atoms with Crippen LogP contribution in [0.3, 0.4) is 0 Å². The molecule has 4 rings (SSSR count). The monoisotopic (exact) mass is 381 g/mol. The van der Waals surface area contributed by atoms with E-state index in [4.69, 9.17) is 0 Å². The van der Waals surface area contributed by atoms with Gasteiger partial charge in [0.05, 0.1) is 0 Å². The van der Waals surface area contributed by atoms with Gasteiger partial charge in [-0.2, -0.15) is 0 Å². The molecule has 2 fully saturated rings. The Labute approximate surface area is 165 Å². The molecule has 0 bridgehead atoms. The molecule has 2 amide bonds. The Morgan fingerprint density at radius 3 is 2.04 bits per heavy atom. The number of nitrogens with zero attached hydrogens (tertiary/aromatic N) is 6. The number of nitrogens with one attached hydrogen (secondary N) is 1. The number of aromatic nitrogens is 2. The van der Waals surface area contributed by atoms with Crippen molar-refractivity contribution in [2.24, 2.45) is 0 Å². The molecular formula is C20H27N7O. The van der Waals surface area contributed by atoms with Crippen molar-refractivity contribution in [3.8, 4) is 0 Å². The van der Waals surface area contributed by atoms with Gasteiger partial charge >= 0.3 is 6.03 Å². The second-order valence-corrected chi connectivity index (χ2v) is 7.30. The fraction of sp³-hybridized carbons (Fsp3) is 0.450. The number of rotatable bonds is 3. The number of carbonyl (C=O) groups is 1. The highest BCUT2D eigenvalue weighted by Gasteiger charge is 2.23. The number of likely N-dealkylation sites (N-methyl/N-ethyl adjacent to an activating group) is 1. The zero-order valence-electron chi connectivity index (χ0n) is 16.3. The zero-order chi connectivity index (χ0) is 19.3. The van der Waals surface area contributed by atoms with Gasteiger partial charge in [-0.15, -0.1) is 0 Å². The molecule has 0 radical (unpaired) electrons. The van der Waals surface area contributed by atoms with E-state index in [1.165, 1.54) is 0 Å². The van der Waals surface area contributed by atoms with E-state index in [9.17, 15) is 4.79 Å². The third-order valence-electron chi connectivity index (χ3n) is 5.38. The van der Waals surface area contributed by atoms with E-state index in [0.717, 1.165) is 56.6 Å². The zero-order valence-corrected chi connectivity index (χ0v) is 16.3. The maximum Gasteiger partial charge on any atom is 0.321 e. The molecule has 28 heavy (non-hydrogen) atoms. The van der Waals surface area contributed by atoms with Crippen LogP contribution < -0.4 is 15.1 Å². The number of urea groups is 1. The van der Waals surface area contributed by atoms with Crippen molar-refractivity contribution in [2.75, 3.05) is 74.5 Å². The minimum Gasteiger partial charge on any atom is -0.354 e. The standard InChI is InChI=1S/C20H27N7O/c1-24-7-9-25(10-8-24)18-15-19(22-16-21-18)26-11-13-27(14-12-26)20(28)23-17-5-3-2-4-6-17/h2-6,15-16H,7-14H2,1H3,(H,23,28). The molecule has 2 aliphatic rings. The van der Waals surface area contributed by atoms with Gasteiger partial charge in [0.2, 0.25) is 0 Å². The number of para-hydroxylation sites is 1. The van der Waals surface area contributed by atoms with Gasteiger partial charge in [0.15, 0.2) is 0 Å². The molecule has 148 valence electrons. The Hall–Kier alpha value is -2.87. The van der Waals surface area contributed by atoms with Gasteiger partial charge in [-0.05, 0) is 19.2 Å². The molecule has 0 unspecified atom stereocenters. The summed E-state index contributed by atoms with van der Waals surface area (Å²) in [5.41, 5.74) is 0.822. The quantitative estimate of drug-likeness (QED) is 0.871. The summed E-state index contributed by atoms with van der Waals surface area (Å²) in [7, 11) is 2.15. The molecule has 3 heterocycles. The first-order chi connectivity index (χ1) is 13.7. The second-order valence-electron chi connectivity index (χ2n) is 7.30. The number of hydrogen-bond acceptors (Lipinski definition) is 6. The van der Waals surface area contributed by atoms with E-state index in [-0.39, 0.29) is 6.03 Å². The predicted octanol–water partition coefficient (Wildman–Crippen LogP) is 1.58. The third-order valence-corrected chi connectivity index (χ3v) is 5.38. The Bertz CT molecular complexity index is 784. The first kappa shape index (κ1) is 18.5. The number of amides is 2. The van der Waals surface area contributed by atoms with Gasteiger partial charge in [0.25, 0.3) is 0 Å². The molecule has 2 saturated heterocycles. The molecule has 2 aromatic rings. The number of hydrogen-bond donors (Lipinski definition) is 1. The SMILES string of the molecule is CN1CCN(c2cc(N3CCN(C(=O)Nc4ccccc4)CC3)ncn2)CC1. The van der Waals surface area contributed by atoms with Crippen LogP contribution in [0.2, 0.25) is 0 Å². The molecule has 0 aliphatic carbocycles. The topological polar surface area (TPSA) is 67.8 Å². The Kier molecular flexibility index (Phi) is 5.57. The van der Waals surface area contributed by atoms with E-state index in [1.54, 1.807) is 6.33 Å². The average molecular weight is 381 g/mol.